The van der Waals surface area contributed by atoms with Crippen molar-refractivity contribution >= 4 is 16.7 Å². The van der Waals surface area contributed by atoms with E-state index in [4.69, 9.17) is 4.74 Å². The fourth-order valence-corrected chi connectivity index (χ4v) is 3.39. The van der Waals surface area contributed by atoms with Gasteiger partial charge in [-0.25, -0.2) is 9.97 Å². The van der Waals surface area contributed by atoms with Crippen molar-refractivity contribution < 1.29 is 4.74 Å². The van der Waals surface area contributed by atoms with Crippen molar-refractivity contribution in [2.75, 3.05) is 18.0 Å². The van der Waals surface area contributed by atoms with Crippen LogP contribution in [0.25, 0.3) is 22.2 Å². The monoisotopic (exact) mass is 376 g/mol. The second-order valence-corrected chi connectivity index (χ2v) is 7.18. The van der Waals surface area contributed by atoms with Crippen molar-refractivity contribution in [3.8, 4) is 17.1 Å². The second kappa shape index (κ2) is 6.59. The molecule has 9 nitrogen and oxygen atoms in total. The minimum Gasteiger partial charge on any atom is -0.475 e. The number of aromatic nitrogens is 7. The summed E-state index contributed by atoms with van der Waals surface area (Å²) in [7, 11) is 0. The smallest absolute Gasteiger partial charge is 0.214 e. The average Bonchev–Trinajstić information content (AvgIpc) is 3.30. The lowest BCUT2D eigenvalue weighted by Gasteiger charge is -2.40. The van der Waals surface area contributed by atoms with Gasteiger partial charge in [0, 0.05) is 36.3 Å². The first-order valence-corrected chi connectivity index (χ1v) is 9.23. The molecule has 0 unspecified atom stereocenters. The molecule has 5 rings (SSSR count). The molecular formula is C19H20N8O. The Hall–Kier alpha value is -3.49. The molecule has 0 bridgehead atoms. The Kier molecular flexibility index (Phi) is 3.92. The van der Waals surface area contributed by atoms with Crippen LogP contribution < -0.4 is 9.64 Å². The maximum Gasteiger partial charge on any atom is 0.214 e. The highest BCUT2D eigenvalue weighted by atomic mass is 16.5. The molecule has 4 aromatic heterocycles. The van der Waals surface area contributed by atoms with Crippen molar-refractivity contribution in [1.82, 2.24) is 34.9 Å². The van der Waals surface area contributed by atoms with Gasteiger partial charge >= 0.3 is 0 Å². The van der Waals surface area contributed by atoms with E-state index in [1.54, 1.807) is 18.9 Å². The first-order chi connectivity index (χ1) is 13.7. The van der Waals surface area contributed by atoms with Gasteiger partial charge < -0.3 is 14.2 Å². The van der Waals surface area contributed by atoms with Gasteiger partial charge in [0.05, 0.1) is 23.9 Å². The number of nitrogens with one attached hydrogen (secondary N) is 1. The van der Waals surface area contributed by atoms with E-state index in [-0.39, 0.29) is 6.10 Å². The molecule has 0 radical (unpaired) electrons. The van der Waals surface area contributed by atoms with Gasteiger partial charge in [-0.05, 0) is 26.0 Å². The summed E-state index contributed by atoms with van der Waals surface area (Å²) >= 11 is 0. The lowest BCUT2D eigenvalue weighted by molar-refractivity contribution is 0.233. The molecule has 1 aliphatic heterocycles. The average molecular weight is 376 g/mol. The molecule has 5 heterocycles. The standard InChI is InChI=1S/C19H20N8O/c1-12(2)28-18-6-15-16(7-21-18)24-25-19(15)13-3-4-20-17(5-13)26-8-14(9-26)27-10-22-23-11-27/h3-7,10-12,14H,8-9H2,1-2H3,(H,24,25). The number of anilines is 1. The number of fused-ring (bicyclic) bond motifs is 1. The number of hydrogen-bond acceptors (Lipinski definition) is 7. The van der Waals surface area contributed by atoms with Gasteiger partial charge in [-0.2, -0.15) is 5.10 Å². The van der Waals surface area contributed by atoms with Crippen LogP contribution in [0.1, 0.15) is 19.9 Å². The topological polar surface area (TPSA) is 97.6 Å². The van der Waals surface area contributed by atoms with Gasteiger partial charge in [0.1, 0.15) is 24.2 Å². The van der Waals surface area contributed by atoms with E-state index in [1.807, 2.05) is 36.7 Å². The van der Waals surface area contributed by atoms with Crippen molar-refractivity contribution in [1.29, 1.82) is 0 Å². The van der Waals surface area contributed by atoms with Crippen LogP contribution in [0.3, 0.4) is 0 Å². The molecule has 9 heteroatoms. The zero-order valence-electron chi connectivity index (χ0n) is 15.6. The molecule has 1 N–H and O–H groups in total. The Labute approximate surface area is 161 Å². The van der Waals surface area contributed by atoms with Gasteiger partial charge in [-0.1, -0.05) is 0 Å². The van der Waals surface area contributed by atoms with E-state index in [1.165, 1.54) is 0 Å². The number of rotatable bonds is 5. The minimum atomic E-state index is 0.0675. The van der Waals surface area contributed by atoms with Gasteiger partial charge in [-0.15, -0.1) is 10.2 Å². The molecule has 4 aromatic rings. The highest BCUT2D eigenvalue weighted by molar-refractivity contribution is 5.93. The van der Waals surface area contributed by atoms with Crippen LogP contribution in [0.2, 0.25) is 0 Å². The minimum absolute atomic E-state index is 0.0675. The number of hydrogen-bond donors (Lipinski definition) is 1. The Bertz CT molecular complexity index is 1100. The quantitative estimate of drug-likeness (QED) is 0.571. The third-order valence-corrected chi connectivity index (χ3v) is 4.84. The van der Waals surface area contributed by atoms with Crippen molar-refractivity contribution in [2.24, 2.45) is 0 Å². The number of nitrogens with zero attached hydrogens (tertiary/aromatic N) is 7. The first-order valence-electron chi connectivity index (χ1n) is 9.23. The maximum atomic E-state index is 5.73. The summed E-state index contributed by atoms with van der Waals surface area (Å²) in [5, 5.41) is 16.3. The predicted molar refractivity (Wildman–Crippen MR) is 104 cm³/mol. The Morgan fingerprint density at radius 2 is 1.96 bits per heavy atom. The summed E-state index contributed by atoms with van der Waals surface area (Å²) < 4.78 is 7.76. The van der Waals surface area contributed by atoms with Crippen LogP contribution >= 0.6 is 0 Å². The first kappa shape index (κ1) is 16.7. The van der Waals surface area contributed by atoms with Gasteiger partial charge in [-0.3, -0.25) is 5.10 Å². The molecular weight excluding hydrogens is 356 g/mol. The molecule has 142 valence electrons. The van der Waals surface area contributed by atoms with Crippen LogP contribution in [0.5, 0.6) is 5.88 Å². The lowest BCUT2D eigenvalue weighted by Crippen LogP contribution is -2.47. The molecule has 0 spiro atoms. The van der Waals surface area contributed by atoms with Crippen LogP contribution in [0, 0.1) is 0 Å². The number of aromatic amines is 1. The van der Waals surface area contributed by atoms with Gasteiger partial charge in [0.15, 0.2) is 0 Å². The third kappa shape index (κ3) is 2.94. The summed E-state index contributed by atoms with van der Waals surface area (Å²) in [4.78, 5) is 11.1. The van der Waals surface area contributed by atoms with E-state index in [0.717, 1.165) is 41.1 Å². The highest BCUT2D eigenvalue weighted by Crippen LogP contribution is 2.32. The van der Waals surface area contributed by atoms with Crippen molar-refractivity contribution in [3.05, 3.63) is 43.2 Å². The Morgan fingerprint density at radius 3 is 2.75 bits per heavy atom. The van der Waals surface area contributed by atoms with Crippen LogP contribution in [-0.4, -0.2) is 54.1 Å². The summed E-state index contributed by atoms with van der Waals surface area (Å²) in [5.41, 5.74) is 2.75. The molecule has 28 heavy (non-hydrogen) atoms. The molecule has 1 saturated heterocycles. The van der Waals surface area contributed by atoms with E-state index >= 15 is 0 Å². The largest absolute Gasteiger partial charge is 0.475 e. The van der Waals surface area contributed by atoms with Crippen LogP contribution in [-0.2, 0) is 0 Å². The second-order valence-electron chi connectivity index (χ2n) is 7.18. The molecule has 0 aromatic carbocycles. The van der Waals surface area contributed by atoms with Gasteiger partial charge in [0.2, 0.25) is 5.88 Å². The molecule has 1 aliphatic rings. The lowest BCUT2D eigenvalue weighted by atomic mass is 10.1. The summed E-state index contributed by atoms with van der Waals surface area (Å²) in [6.45, 7) is 5.73. The zero-order chi connectivity index (χ0) is 19.1. The van der Waals surface area contributed by atoms with Crippen LogP contribution in [0.4, 0.5) is 5.82 Å². The Morgan fingerprint density at radius 1 is 1.14 bits per heavy atom. The number of ether oxygens (including phenoxy) is 1. The number of pyridine rings is 2. The fourth-order valence-electron chi connectivity index (χ4n) is 3.39. The predicted octanol–water partition coefficient (Wildman–Crippen LogP) is 2.46. The molecule has 0 aliphatic carbocycles. The number of H-pyrrole nitrogens is 1. The SMILES string of the molecule is CC(C)Oc1cc2c(-c3ccnc(N4CC(n5cnnc5)C4)c3)n[nH]c2cn1. The maximum absolute atomic E-state index is 5.73. The molecule has 0 saturated carbocycles. The Balaban J connectivity index is 1.42. The van der Waals surface area contributed by atoms with E-state index in [9.17, 15) is 0 Å². The van der Waals surface area contributed by atoms with Crippen molar-refractivity contribution in [3.63, 3.8) is 0 Å². The normalized spacial score (nSPS) is 14.6. The molecule has 1 fully saturated rings. The highest BCUT2D eigenvalue weighted by Gasteiger charge is 2.29. The van der Waals surface area contributed by atoms with Crippen LogP contribution in [0.15, 0.2) is 43.2 Å². The van der Waals surface area contributed by atoms with E-state index < -0.39 is 0 Å². The zero-order valence-corrected chi connectivity index (χ0v) is 15.6. The van der Waals surface area contributed by atoms with Gasteiger partial charge in [0.25, 0.3) is 0 Å². The third-order valence-electron chi connectivity index (χ3n) is 4.84. The summed E-state index contributed by atoms with van der Waals surface area (Å²) in [6.07, 6.45) is 7.16. The fraction of sp³-hybridized carbons (Fsp3) is 0.316. The summed E-state index contributed by atoms with van der Waals surface area (Å²) in [5.74, 6) is 1.53. The molecule has 0 amide bonds. The van der Waals surface area contributed by atoms with E-state index in [0.29, 0.717) is 11.9 Å². The van der Waals surface area contributed by atoms with E-state index in [2.05, 4.69) is 41.3 Å². The summed E-state index contributed by atoms with van der Waals surface area (Å²) in [6, 6.07) is 6.36. The van der Waals surface area contributed by atoms with Crippen molar-refractivity contribution in [2.45, 2.75) is 26.0 Å². The molecule has 0 atom stereocenters.